The van der Waals surface area contributed by atoms with Crippen LogP contribution in [0.25, 0.3) is 10.8 Å². The molecule has 5 heteroatoms. The summed E-state index contributed by atoms with van der Waals surface area (Å²) >= 11 is 0. The molecular formula is C18H14N2O2S. The van der Waals surface area contributed by atoms with Crippen molar-refractivity contribution >= 4 is 26.5 Å². The molecule has 0 amide bonds. The average Bonchev–Trinajstić information content (AvgIpc) is 2.54. The molecule has 0 aliphatic heterocycles. The molecule has 0 aromatic heterocycles. The molecule has 114 valence electrons. The van der Waals surface area contributed by atoms with E-state index in [1.807, 2.05) is 31.2 Å². The fourth-order valence-corrected chi connectivity index (χ4v) is 3.77. The molecular weight excluding hydrogens is 308 g/mol. The van der Waals surface area contributed by atoms with Crippen molar-refractivity contribution in [2.24, 2.45) is 0 Å². The summed E-state index contributed by atoms with van der Waals surface area (Å²) in [4.78, 5) is 0.195. The number of nitrogens with one attached hydrogen (secondary N) is 1. The third-order valence-electron chi connectivity index (χ3n) is 3.58. The molecule has 0 aliphatic carbocycles. The first-order chi connectivity index (χ1) is 11.0. The van der Waals surface area contributed by atoms with Crippen LogP contribution >= 0.6 is 0 Å². The van der Waals surface area contributed by atoms with Gasteiger partial charge < -0.3 is 0 Å². The summed E-state index contributed by atoms with van der Waals surface area (Å²) in [6.07, 6.45) is 0. The van der Waals surface area contributed by atoms with Crippen molar-refractivity contribution in [2.75, 3.05) is 4.72 Å². The third-order valence-corrected chi connectivity index (χ3v) is 5.00. The zero-order chi connectivity index (χ0) is 16.4. The molecule has 1 N–H and O–H groups in total. The Morgan fingerprint density at radius 1 is 1.00 bits per heavy atom. The van der Waals surface area contributed by atoms with E-state index in [2.05, 4.69) is 4.72 Å². The molecule has 3 aromatic rings. The molecule has 0 radical (unpaired) electrons. The van der Waals surface area contributed by atoms with Gasteiger partial charge in [-0.2, -0.15) is 5.26 Å². The maximum atomic E-state index is 12.8. The van der Waals surface area contributed by atoms with Gasteiger partial charge in [0.05, 0.1) is 16.1 Å². The van der Waals surface area contributed by atoms with Gasteiger partial charge in [0.1, 0.15) is 6.07 Å². The SMILES string of the molecule is Cc1ccc(C#N)c(NS(=O)(=O)c2cccc3ccccc23)c1. The van der Waals surface area contributed by atoms with Crippen LogP contribution in [-0.4, -0.2) is 8.42 Å². The second-order valence-corrected chi connectivity index (χ2v) is 6.89. The van der Waals surface area contributed by atoms with Crippen molar-refractivity contribution in [3.63, 3.8) is 0 Å². The van der Waals surface area contributed by atoms with Crippen molar-refractivity contribution in [3.05, 3.63) is 71.8 Å². The quantitative estimate of drug-likeness (QED) is 0.797. The van der Waals surface area contributed by atoms with E-state index < -0.39 is 10.0 Å². The summed E-state index contributed by atoms with van der Waals surface area (Å²) in [7, 11) is -3.79. The van der Waals surface area contributed by atoms with Crippen molar-refractivity contribution in [1.29, 1.82) is 5.26 Å². The smallest absolute Gasteiger partial charge is 0.262 e. The van der Waals surface area contributed by atoms with Gasteiger partial charge in [0.15, 0.2) is 0 Å². The lowest BCUT2D eigenvalue weighted by Crippen LogP contribution is -2.14. The van der Waals surface area contributed by atoms with Gasteiger partial charge in [-0.05, 0) is 36.1 Å². The topological polar surface area (TPSA) is 70.0 Å². The number of anilines is 1. The molecule has 0 aliphatic rings. The molecule has 0 saturated carbocycles. The van der Waals surface area contributed by atoms with Gasteiger partial charge >= 0.3 is 0 Å². The van der Waals surface area contributed by atoms with E-state index >= 15 is 0 Å². The van der Waals surface area contributed by atoms with Gasteiger partial charge in [-0.25, -0.2) is 8.42 Å². The van der Waals surface area contributed by atoms with Gasteiger partial charge in [0.2, 0.25) is 0 Å². The van der Waals surface area contributed by atoms with Crippen LogP contribution in [0.4, 0.5) is 5.69 Å². The van der Waals surface area contributed by atoms with E-state index in [1.165, 1.54) is 0 Å². The van der Waals surface area contributed by atoms with E-state index in [0.717, 1.165) is 10.9 Å². The zero-order valence-electron chi connectivity index (χ0n) is 12.4. The number of nitrogens with zero attached hydrogens (tertiary/aromatic N) is 1. The minimum absolute atomic E-state index is 0.195. The standard InChI is InChI=1S/C18H14N2O2S/c1-13-9-10-15(12-19)17(11-13)20-23(21,22)18-8-4-6-14-5-2-3-7-16(14)18/h2-11,20H,1H3. The highest BCUT2D eigenvalue weighted by atomic mass is 32.2. The lowest BCUT2D eigenvalue weighted by Gasteiger charge is -2.12. The summed E-state index contributed by atoms with van der Waals surface area (Å²) in [6, 6.07) is 19.5. The number of aryl methyl sites for hydroxylation is 1. The molecule has 0 atom stereocenters. The van der Waals surface area contributed by atoms with Crippen LogP contribution in [-0.2, 0) is 10.0 Å². The number of rotatable bonds is 3. The number of hydrogen-bond donors (Lipinski definition) is 1. The monoisotopic (exact) mass is 322 g/mol. The third kappa shape index (κ3) is 2.89. The van der Waals surface area contributed by atoms with Crippen LogP contribution in [0, 0.1) is 18.3 Å². The lowest BCUT2D eigenvalue weighted by atomic mass is 10.1. The predicted octanol–water partition coefficient (Wildman–Crippen LogP) is 3.82. The summed E-state index contributed by atoms with van der Waals surface area (Å²) in [5.41, 5.74) is 1.46. The molecule has 3 rings (SSSR count). The number of nitriles is 1. The summed E-state index contributed by atoms with van der Waals surface area (Å²) in [6.45, 7) is 1.84. The Morgan fingerprint density at radius 3 is 2.52 bits per heavy atom. The fraction of sp³-hybridized carbons (Fsp3) is 0.0556. The number of hydrogen-bond acceptors (Lipinski definition) is 3. The largest absolute Gasteiger partial charge is 0.278 e. The maximum absolute atomic E-state index is 12.8. The first kappa shape index (κ1) is 15.1. The minimum Gasteiger partial charge on any atom is -0.278 e. The minimum atomic E-state index is -3.79. The number of benzene rings is 3. The second-order valence-electron chi connectivity index (χ2n) is 5.24. The molecule has 0 fully saturated rings. The molecule has 0 unspecified atom stereocenters. The van der Waals surface area contributed by atoms with Crippen LogP contribution in [0.5, 0.6) is 0 Å². The van der Waals surface area contributed by atoms with E-state index in [-0.39, 0.29) is 4.90 Å². The highest BCUT2D eigenvalue weighted by Gasteiger charge is 2.18. The second kappa shape index (κ2) is 5.75. The van der Waals surface area contributed by atoms with Crippen LogP contribution in [0.15, 0.2) is 65.6 Å². The highest BCUT2D eigenvalue weighted by Crippen LogP contribution is 2.26. The van der Waals surface area contributed by atoms with Crippen LogP contribution in [0.2, 0.25) is 0 Å². The normalized spacial score (nSPS) is 11.1. The highest BCUT2D eigenvalue weighted by molar-refractivity contribution is 7.93. The number of fused-ring (bicyclic) bond motifs is 1. The Labute approximate surface area is 135 Å². The van der Waals surface area contributed by atoms with Crippen LogP contribution < -0.4 is 4.72 Å². The van der Waals surface area contributed by atoms with Gasteiger partial charge in [-0.15, -0.1) is 0 Å². The molecule has 23 heavy (non-hydrogen) atoms. The van der Waals surface area contributed by atoms with E-state index in [1.54, 1.807) is 42.5 Å². The van der Waals surface area contributed by atoms with Crippen molar-refractivity contribution in [2.45, 2.75) is 11.8 Å². The molecule has 0 spiro atoms. The maximum Gasteiger partial charge on any atom is 0.262 e. The van der Waals surface area contributed by atoms with E-state index in [4.69, 9.17) is 5.26 Å². The van der Waals surface area contributed by atoms with E-state index in [9.17, 15) is 8.42 Å². The Bertz CT molecular complexity index is 1030. The average molecular weight is 322 g/mol. The summed E-state index contributed by atoms with van der Waals surface area (Å²) in [5.74, 6) is 0. The van der Waals surface area contributed by atoms with Crippen molar-refractivity contribution < 1.29 is 8.42 Å². The van der Waals surface area contributed by atoms with E-state index in [0.29, 0.717) is 16.6 Å². The zero-order valence-corrected chi connectivity index (χ0v) is 13.3. The molecule has 3 aromatic carbocycles. The fourth-order valence-electron chi connectivity index (χ4n) is 2.47. The summed E-state index contributed by atoms with van der Waals surface area (Å²) in [5, 5.41) is 10.7. The first-order valence-corrected chi connectivity index (χ1v) is 8.51. The Hall–Kier alpha value is -2.84. The van der Waals surface area contributed by atoms with Crippen LogP contribution in [0.1, 0.15) is 11.1 Å². The van der Waals surface area contributed by atoms with Gasteiger partial charge in [-0.1, -0.05) is 42.5 Å². The van der Waals surface area contributed by atoms with Gasteiger partial charge in [0.25, 0.3) is 10.0 Å². The van der Waals surface area contributed by atoms with Gasteiger partial charge in [0, 0.05) is 5.39 Å². The predicted molar refractivity (Wildman–Crippen MR) is 90.7 cm³/mol. The Kier molecular flexibility index (Phi) is 3.77. The molecule has 0 saturated heterocycles. The molecule has 0 heterocycles. The Morgan fingerprint density at radius 2 is 1.74 bits per heavy atom. The lowest BCUT2D eigenvalue weighted by molar-refractivity contribution is 0.602. The molecule has 4 nitrogen and oxygen atoms in total. The van der Waals surface area contributed by atoms with Crippen molar-refractivity contribution in [1.82, 2.24) is 0 Å². The first-order valence-electron chi connectivity index (χ1n) is 7.02. The number of sulfonamides is 1. The van der Waals surface area contributed by atoms with Crippen LogP contribution in [0.3, 0.4) is 0 Å². The Balaban J connectivity index is 2.13. The van der Waals surface area contributed by atoms with Crippen molar-refractivity contribution in [3.8, 4) is 6.07 Å². The van der Waals surface area contributed by atoms with Gasteiger partial charge in [-0.3, -0.25) is 4.72 Å². The molecule has 0 bridgehead atoms. The summed E-state index contributed by atoms with van der Waals surface area (Å²) < 4.78 is 28.1.